The highest BCUT2D eigenvalue weighted by atomic mass is 32.2. The minimum atomic E-state index is -4.36. The van der Waals surface area contributed by atoms with E-state index >= 15 is 0 Å². The summed E-state index contributed by atoms with van der Waals surface area (Å²) in [7, 11) is 1.95. The Kier molecular flexibility index (Phi) is 7.17. The molecule has 0 saturated heterocycles. The van der Waals surface area contributed by atoms with E-state index in [4.69, 9.17) is 4.74 Å². The molecular formula is C20H25F3N2OS. The average Bonchev–Trinajstić information content (AvgIpc) is 2.61. The van der Waals surface area contributed by atoms with E-state index in [-0.39, 0.29) is 0 Å². The van der Waals surface area contributed by atoms with Crippen molar-refractivity contribution in [2.75, 3.05) is 20.2 Å². The van der Waals surface area contributed by atoms with Crippen molar-refractivity contribution in [2.24, 2.45) is 4.99 Å². The molecule has 0 saturated carbocycles. The van der Waals surface area contributed by atoms with Gasteiger partial charge in [-0.1, -0.05) is 30.0 Å². The molecule has 0 fully saturated rings. The zero-order valence-corrected chi connectivity index (χ0v) is 16.8. The molecule has 1 aliphatic rings. The predicted molar refractivity (Wildman–Crippen MR) is 106 cm³/mol. The maximum absolute atomic E-state index is 12.7. The van der Waals surface area contributed by atoms with Crippen LogP contribution in [0.15, 0.2) is 46.3 Å². The molecule has 1 aromatic carbocycles. The SMILES string of the molecule is CCN(C)/C=N\c1cc(C)c(SC2(OCC(F)(F)F)C=CC=CC2)cc1C. The van der Waals surface area contributed by atoms with Crippen molar-refractivity contribution in [1.29, 1.82) is 0 Å². The third-order valence-electron chi connectivity index (χ3n) is 4.15. The Labute approximate surface area is 163 Å². The standard InChI is InChI=1S/C20H25F3N2OS/c1-5-25(4)14-24-17-11-16(3)18(12-15(17)2)27-19(9-7-6-8-10-19)26-13-20(21,22)23/h6-9,11-12,14H,5,10,13H2,1-4H3/b24-14-. The maximum atomic E-state index is 12.7. The number of rotatable bonds is 7. The third kappa shape index (κ3) is 6.43. The fourth-order valence-corrected chi connectivity index (χ4v) is 3.72. The van der Waals surface area contributed by atoms with E-state index in [1.165, 1.54) is 11.8 Å². The van der Waals surface area contributed by atoms with Gasteiger partial charge in [0.15, 0.2) is 0 Å². The second kappa shape index (κ2) is 8.97. The normalized spacial score (nSPS) is 19.8. The summed E-state index contributed by atoms with van der Waals surface area (Å²) in [5.74, 6) is 0. The van der Waals surface area contributed by atoms with E-state index in [2.05, 4.69) is 4.99 Å². The lowest BCUT2D eigenvalue weighted by Crippen LogP contribution is -2.32. The summed E-state index contributed by atoms with van der Waals surface area (Å²) in [6.07, 6.45) is 4.86. The molecular weight excluding hydrogens is 373 g/mol. The lowest BCUT2D eigenvalue weighted by molar-refractivity contribution is -0.184. The van der Waals surface area contributed by atoms with Crippen molar-refractivity contribution in [1.82, 2.24) is 4.90 Å². The van der Waals surface area contributed by atoms with Gasteiger partial charge < -0.3 is 9.64 Å². The Hall–Kier alpha value is -1.73. The van der Waals surface area contributed by atoms with E-state index in [0.717, 1.165) is 28.3 Å². The molecule has 0 radical (unpaired) electrons. The van der Waals surface area contributed by atoms with Crippen LogP contribution in [0.1, 0.15) is 24.5 Å². The molecule has 148 valence electrons. The van der Waals surface area contributed by atoms with Crippen molar-refractivity contribution >= 4 is 23.8 Å². The number of nitrogens with zero attached hydrogens (tertiary/aromatic N) is 2. The van der Waals surface area contributed by atoms with Crippen LogP contribution in [0.4, 0.5) is 18.9 Å². The van der Waals surface area contributed by atoms with Crippen LogP contribution in [-0.2, 0) is 4.74 Å². The van der Waals surface area contributed by atoms with Gasteiger partial charge >= 0.3 is 6.18 Å². The molecule has 1 atom stereocenters. The monoisotopic (exact) mass is 398 g/mol. The fourth-order valence-electron chi connectivity index (χ4n) is 2.45. The van der Waals surface area contributed by atoms with Crippen molar-refractivity contribution < 1.29 is 17.9 Å². The van der Waals surface area contributed by atoms with E-state index < -0.39 is 17.7 Å². The topological polar surface area (TPSA) is 24.8 Å². The first kappa shape index (κ1) is 21.6. The highest BCUT2D eigenvalue weighted by molar-refractivity contribution is 8.00. The fraction of sp³-hybridized carbons (Fsp3) is 0.450. The molecule has 0 aromatic heterocycles. The molecule has 0 amide bonds. The van der Waals surface area contributed by atoms with Crippen LogP contribution in [0.3, 0.4) is 0 Å². The number of hydrogen-bond donors (Lipinski definition) is 0. The molecule has 1 aromatic rings. The zero-order chi connectivity index (χ0) is 20.1. The summed E-state index contributed by atoms with van der Waals surface area (Å²) >= 11 is 1.31. The summed E-state index contributed by atoms with van der Waals surface area (Å²) in [6.45, 7) is 5.50. The quantitative estimate of drug-likeness (QED) is 0.330. The molecule has 0 bridgehead atoms. The number of thioether (sulfide) groups is 1. The van der Waals surface area contributed by atoms with Gasteiger partial charge in [-0.2, -0.15) is 13.2 Å². The molecule has 2 rings (SSSR count). The Morgan fingerprint density at radius 2 is 2.00 bits per heavy atom. The number of aryl methyl sites for hydroxylation is 2. The van der Waals surface area contributed by atoms with E-state index in [9.17, 15) is 13.2 Å². The van der Waals surface area contributed by atoms with Crippen molar-refractivity contribution in [3.05, 3.63) is 47.6 Å². The average molecular weight is 398 g/mol. The van der Waals surface area contributed by atoms with Gasteiger partial charge in [-0.05, 0) is 50.1 Å². The van der Waals surface area contributed by atoms with Crippen LogP contribution in [0.2, 0.25) is 0 Å². The molecule has 7 heteroatoms. The molecule has 0 heterocycles. The molecule has 1 aliphatic carbocycles. The van der Waals surface area contributed by atoms with Crippen molar-refractivity contribution in [2.45, 2.75) is 43.2 Å². The van der Waals surface area contributed by atoms with Crippen LogP contribution in [0, 0.1) is 13.8 Å². The van der Waals surface area contributed by atoms with Gasteiger partial charge in [-0.3, -0.25) is 0 Å². The summed E-state index contributed by atoms with van der Waals surface area (Å²) in [5.41, 5.74) is 2.77. The Bertz CT molecular complexity index is 743. The predicted octanol–water partition coefficient (Wildman–Crippen LogP) is 5.80. The summed E-state index contributed by atoms with van der Waals surface area (Å²) in [4.78, 5) is 6.29. The molecule has 0 N–H and O–H groups in total. The van der Waals surface area contributed by atoms with Gasteiger partial charge in [0.25, 0.3) is 0 Å². The summed E-state index contributed by atoms with van der Waals surface area (Å²) in [5, 5.41) is 0. The number of halogens is 3. The lowest BCUT2D eigenvalue weighted by Gasteiger charge is -2.32. The smallest absolute Gasteiger partial charge is 0.366 e. The Balaban J connectivity index is 2.25. The van der Waals surface area contributed by atoms with Gasteiger partial charge in [-0.25, -0.2) is 4.99 Å². The third-order valence-corrected chi connectivity index (χ3v) is 5.57. The molecule has 27 heavy (non-hydrogen) atoms. The van der Waals surface area contributed by atoms with Crippen molar-refractivity contribution in [3.63, 3.8) is 0 Å². The highest BCUT2D eigenvalue weighted by Gasteiger charge is 2.36. The largest absolute Gasteiger partial charge is 0.411 e. The van der Waals surface area contributed by atoms with Gasteiger partial charge in [-0.15, -0.1) is 0 Å². The van der Waals surface area contributed by atoms with Crippen LogP contribution >= 0.6 is 11.8 Å². The van der Waals surface area contributed by atoms with Crippen LogP contribution in [0.5, 0.6) is 0 Å². The number of benzene rings is 1. The molecule has 3 nitrogen and oxygen atoms in total. The first-order chi connectivity index (χ1) is 12.6. The first-order valence-electron chi connectivity index (χ1n) is 8.74. The maximum Gasteiger partial charge on any atom is 0.411 e. The first-order valence-corrected chi connectivity index (χ1v) is 9.55. The van der Waals surface area contributed by atoms with Gasteiger partial charge in [0, 0.05) is 24.9 Å². The number of aliphatic imine (C=N–C) groups is 1. The molecule has 1 unspecified atom stereocenters. The second-order valence-corrected chi connectivity index (χ2v) is 7.87. The Morgan fingerprint density at radius 1 is 1.26 bits per heavy atom. The minimum absolute atomic E-state index is 0.379. The Morgan fingerprint density at radius 3 is 2.59 bits per heavy atom. The van der Waals surface area contributed by atoms with Crippen LogP contribution in [-0.4, -0.2) is 42.5 Å². The number of hydrogen-bond acceptors (Lipinski definition) is 3. The summed E-state index contributed by atoms with van der Waals surface area (Å²) in [6, 6.07) is 3.92. The lowest BCUT2D eigenvalue weighted by atomic mass is 10.1. The van der Waals surface area contributed by atoms with Gasteiger partial charge in [0.1, 0.15) is 11.5 Å². The van der Waals surface area contributed by atoms with Gasteiger partial charge in [0.05, 0.1) is 12.0 Å². The van der Waals surface area contributed by atoms with E-state index in [0.29, 0.717) is 6.42 Å². The molecule has 0 aliphatic heterocycles. The zero-order valence-electron chi connectivity index (χ0n) is 16.0. The molecule has 0 spiro atoms. The number of ether oxygens (including phenoxy) is 1. The van der Waals surface area contributed by atoms with Crippen LogP contribution < -0.4 is 0 Å². The van der Waals surface area contributed by atoms with Crippen molar-refractivity contribution in [3.8, 4) is 0 Å². The van der Waals surface area contributed by atoms with E-state index in [1.54, 1.807) is 18.5 Å². The van der Waals surface area contributed by atoms with Gasteiger partial charge in [0.2, 0.25) is 0 Å². The van der Waals surface area contributed by atoms with E-state index in [1.807, 2.05) is 57.0 Å². The minimum Gasteiger partial charge on any atom is -0.366 e. The van der Waals surface area contributed by atoms with Crippen LogP contribution in [0.25, 0.3) is 0 Å². The second-order valence-electron chi connectivity index (χ2n) is 6.53. The highest BCUT2D eigenvalue weighted by Crippen LogP contribution is 2.43. The number of allylic oxidation sites excluding steroid dienone is 2. The number of alkyl halides is 3. The summed E-state index contributed by atoms with van der Waals surface area (Å²) < 4.78 is 43.4.